The average molecular weight is 418 g/mol. The number of nitrogens with one attached hydrogen (secondary N) is 1. The SMILES string of the molecule is Nc1c(Nc2nc3ccccc3s2)ncnc1N1CCN(Cc2ccccc2)CC1. The second kappa shape index (κ2) is 8.25. The van der Waals surface area contributed by atoms with Crippen LogP contribution in [0.15, 0.2) is 60.9 Å². The highest BCUT2D eigenvalue weighted by Crippen LogP contribution is 2.32. The number of hydrogen-bond acceptors (Lipinski definition) is 8. The minimum atomic E-state index is 0.563. The molecule has 3 heterocycles. The van der Waals surface area contributed by atoms with Gasteiger partial charge in [-0.05, 0) is 17.7 Å². The summed E-state index contributed by atoms with van der Waals surface area (Å²) in [5.74, 6) is 1.39. The van der Waals surface area contributed by atoms with Gasteiger partial charge in [0.1, 0.15) is 12.0 Å². The second-order valence-electron chi connectivity index (χ2n) is 7.32. The summed E-state index contributed by atoms with van der Waals surface area (Å²) in [7, 11) is 0. The fourth-order valence-electron chi connectivity index (χ4n) is 3.72. The third-order valence-electron chi connectivity index (χ3n) is 5.30. The number of fused-ring (bicyclic) bond motifs is 1. The molecule has 0 atom stereocenters. The molecule has 1 aliphatic rings. The largest absolute Gasteiger partial charge is 0.393 e. The van der Waals surface area contributed by atoms with E-state index >= 15 is 0 Å². The van der Waals surface area contributed by atoms with Gasteiger partial charge in [0.15, 0.2) is 16.8 Å². The molecule has 0 spiro atoms. The zero-order valence-electron chi connectivity index (χ0n) is 16.5. The summed E-state index contributed by atoms with van der Waals surface area (Å²) in [6.45, 7) is 4.68. The number of rotatable bonds is 5. The molecule has 1 saturated heterocycles. The predicted octanol–water partition coefficient (Wildman–Crippen LogP) is 3.73. The Morgan fingerprint density at radius 1 is 0.933 bits per heavy atom. The topological polar surface area (TPSA) is 83.2 Å². The van der Waals surface area contributed by atoms with E-state index < -0.39 is 0 Å². The minimum Gasteiger partial charge on any atom is -0.393 e. The van der Waals surface area contributed by atoms with Crippen molar-refractivity contribution in [3.05, 3.63) is 66.5 Å². The number of thiazole rings is 1. The molecule has 0 amide bonds. The first-order valence-electron chi connectivity index (χ1n) is 10.0. The van der Waals surface area contributed by atoms with Crippen molar-refractivity contribution in [1.82, 2.24) is 19.9 Å². The van der Waals surface area contributed by atoms with Gasteiger partial charge in [-0.25, -0.2) is 15.0 Å². The van der Waals surface area contributed by atoms with Crippen LogP contribution in [-0.4, -0.2) is 46.0 Å². The maximum atomic E-state index is 6.45. The van der Waals surface area contributed by atoms with Crippen LogP contribution in [0.25, 0.3) is 10.2 Å². The lowest BCUT2D eigenvalue weighted by Gasteiger charge is -2.35. The van der Waals surface area contributed by atoms with Crippen molar-refractivity contribution in [3.8, 4) is 0 Å². The van der Waals surface area contributed by atoms with Crippen LogP contribution in [0.1, 0.15) is 5.56 Å². The van der Waals surface area contributed by atoms with Crippen molar-refractivity contribution in [1.29, 1.82) is 0 Å². The van der Waals surface area contributed by atoms with Gasteiger partial charge in [-0.1, -0.05) is 53.8 Å². The van der Waals surface area contributed by atoms with Gasteiger partial charge in [0.2, 0.25) is 0 Å². The Balaban J connectivity index is 1.28. The third kappa shape index (κ3) is 3.92. The Hall–Kier alpha value is -3.23. The average Bonchev–Trinajstić information content (AvgIpc) is 3.19. The molecule has 152 valence electrons. The molecule has 30 heavy (non-hydrogen) atoms. The molecule has 0 saturated carbocycles. The maximum Gasteiger partial charge on any atom is 0.189 e. The van der Waals surface area contributed by atoms with Gasteiger partial charge in [-0.15, -0.1) is 0 Å². The standard InChI is InChI=1S/C22H23N7S/c23-19-20(27-22-26-17-8-4-5-9-18(17)30-22)24-15-25-21(19)29-12-10-28(11-13-29)14-16-6-2-1-3-7-16/h1-9,15H,10-14,23H2,(H,24,25,26,27). The lowest BCUT2D eigenvalue weighted by molar-refractivity contribution is 0.249. The van der Waals surface area contributed by atoms with Crippen LogP contribution in [0.4, 0.5) is 22.5 Å². The Morgan fingerprint density at radius 2 is 1.70 bits per heavy atom. The molecule has 7 nitrogen and oxygen atoms in total. The first-order chi connectivity index (χ1) is 14.8. The Bertz CT molecular complexity index is 1100. The van der Waals surface area contributed by atoms with E-state index in [1.165, 1.54) is 5.56 Å². The smallest absolute Gasteiger partial charge is 0.189 e. The number of anilines is 4. The van der Waals surface area contributed by atoms with Gasteiger partial charge < -0.3 is 16.0 Å². The lowest BCUT2D eigenvalue weighted by atomic mass is 10.2. The summed E-state index contributed by atoms with van der Waals surface area (Å²) in [6.07, 6.45) is 1.57. The van der Waals surface area contributed by atoms with E-state index in [-0.39, 0.29) is 0 Å². The number of nitrogen functional groups attached to an aromatic ring is 1. The monoisotopic (exact) mass is 417 g/mol. The number of benzene rings is 2. The summed E-state index contributed by atoms with van der Waals surface area (Å²) >= 11 is 1.58. The number of nitrogens with two attached hydrogens (primary N) is 1. The van der Waals surface area contributed by atoms with Crippen molar-refractivity contribution in [2.24, 2.45) is 0 Å². The van der Waals surface area contributed by atoms with Crippen LogP contribution in [0.2, 0.25) is 0 Å². The van der Waals surface area contributed by atoms with Gasteiger partial charge in [-0.3, -0.25) is 4.90 Å². The first kappa shape index (κ1) is 18.8. The van der Waals surface area contributed by atoms with Crippen molar-refractivity contribution in [2.45, 2.75) is 6.54 Å². The number of para-hydroxylation sites is 1. The van der Waals surface area contributed by atoms with Crippen LogP contribution >= 0.6 is 11.3 Å². The Labute approximate surface area is 179 Å². The van der Waals surface area contributed by atoms with E-state index in [2.05, 4.69) is 66.5 Å². The van der Waals surface area contributed by atoms with Crippen LogP contribution < -0.4 is 16.0 Å². The molecule has 2 aromatic carbocycles. The molecule has 5 rings (SSSR count). The van der Waals surface area contributed by atoms with Crippen LogP contribution in [-0.2, 0) is 6.54 Å². The van der Waals surface area contributed by atoms with Crippen molar-refractivity contribution in [2.75, 3.05) is 42.1 Å². The van der Waals surface area contributed by atoms with Crippen LogP contribution in [0, 0.1) is 0 Å². The summed E-state index contributed by atoms with van der Waals surface area (Å²) in [6, 6.07) is 18.6. The zero-order chi connectivity index (χ0) is 20.3. The van der Waals surface area contributed by atoms with E-state index in [9.17, 15) is 0 Å². The highest BCUT2D eigenvalue weighted by Gasteiger charge is 2.21. The van der Waals surface area contributed by atoms with Gasteiger partial charge >= 0.3 is 0 Å². The van der Waals surface area contributed by atoms with E-state index in [0.29, 0.717) is 11.5 Å². The molecule has 1 aliphatic heterocycles. The first-order valence-corrected chi connectivity index (χ1v) is 10.8. The Kier molecular flexibility index (Phi) is 5.17. The quantitative estimate of drug-likeness (QED) is 0.512. The molecule has 1 fully saturated rings. The number of hydrogen-bond donors (Lipinski definition) is 2. The second-order valence-corrected chi connectivity index (χ2v) is 8.35. The van der Waals surface area contributed by atoms with Crippen molar-refractivity contribution in [3.63, 3.8) is 0 Å². The highest BCUT2D eigenvalue weighted by atomic mass is 32.1. The molecular weight excluding hydrogens is 394 g/mol. The fraction of sp³-hybridized carbons (Fsp3) is 0.227. The molecular formula is C22H23N7S. The summed E-state index contributed by atoms with van der Waals surface area (Å²) in [4.78, 5) is 18.1. The highest BCUT2D eigenvalue weighted by molar-refractivity contribution is 7.22. The number of piperazine rings is 1. The Morgan fingerprint density at radius 3 is 2.50 bits per heavy atom. The van der Waals surface area contributed by atoms with E-state index in [4.69, 9.17) is 5.73 Å². The molecule has 8 heteroatoms. The summed E-state index contributed by atoms with van der Waals surface area (Å²) in [5, 5.41) is 4.05. The van der Waals surface area contributed by atoms with Crippen molar-refractivity contribution < 1.29 is 0 Å². The zero-order valence-corrected chi connectivity index (χ0v) is 17.3. The molecule has 0 unspecified atom stereocenters. The van der Waals surface area contributed by atoms with Crippen molar-refractivity contribution >= 4 is 44.0 Å². The minimum absolute atomic E-state index is 0.563. The molecule has 3 N–H and O–H groups in total. The van der Waals surface area contributed by atoms with E-state index in [1.54, 1.807) is 17.7 Å². The predicted molar refractivity (Wildman–Crippen MR) is 123 cm³/mol. The van der Waals surface area contributed by atoms with Crippen LogP contribution in [0.3, 0.4) is 0 Å². The van der Waals surface area contributed by atoms with E-state index in [1.807, 2.05) is 18.2 Å². The molecule has 0 aliphatic carbocycles. The third-order valence-corrected chi connectivity index (χ3v) is 6.25. The van der Waals surface area contributed by atoms with Crippen LogP contribution in [0.5, 0.6) is 0 Å². The van der Waals surface area contributed by atoms with Gasteiger partial charge in [0.25, 0.3) is 0 Å². The number of nitrogens with zero attached hydrogens (tertiary/aromatic N) is 5. The van der Waals surface area contributed by atoms with Gasteiger partial charge in [0.05, 0.1) is 10.2 Å². The fourth-order valence-corrected chi connectivity index (χ4v) is 4.59. The molecule has 4 aromatic rings. The summed E-state index contributed by atoms with van der Waals surface area (Å²) < 4.78 is 1.13. The molecule has 0 bridgehead atoms. The maximum absolute atomic E-state index is 6.45. The molecule has 0 radical (unpaired) electrons. The van der Waals surface area contributed by atoms with E-state index in [0.717, 1.165) is 53.9 Å². The number of aromatic nitrogens is 3. The molecule has 2 aromatic heterocycles. The normalized spacial score (nSPS) is 14.9. The summed E-state index contributed by atoms with van der Waals surface area (Å²) in [5.41, 5.74) is 9.32. The van der Waals surface area contributed by atoms with Gasteiger partial charge in [-0.2, -0.15) is 0 Å². The van der Waals surface area contributed by atoms with Gasteiger partial charge in [0, 0.05) is 32.7 Å². The lowest BCUT2D eigenvalue weighted by Crippen LogP contribution is -2.46.